The van der Waals surface area contributed by atoms with Crippen molar-refractivity contribution in [3.63, 3.8) is 0 Å². The van der Waals surface area contributed by atoms with Crippen molar-refractivity contribution in [3.05, 3.63) is 94.0 Å². The molecule has 3 aromatic carbocycles. The number of ketones is 1. The number of hydrogen-bond acceptors (Lipinski definition) is 9. The third-order valence-corrected chi connectivity index (χ3v) is 4.77. The average molecular weight is 471 g/mol. The van der Waals surface area contributed by atoms with E-state index in [1.54, 1.807) is 24.3 Å². The molecule has 0 aromatic heterocycles. The van der Waals surface area contributed by atoms with Crippen LogP contribution in [0.4, 0.5) is 22.7 Å². The van der Waals surface area contributed by atoms with Crippen molar-refractivity contribution in [2.45, 2.75) is 13.5 Å². The van der Waals surface area contributed by atoms with Crippen molar-refractivity contribution in [3.8, 4) is 6.07 Å². The lowest BCUT2D eigenvalue weighted by Crippen LogP contribution is -2.31. The first kappa shape index (κ1) is 24.7. The van der Waals surface area contributed by atoms with Gasteiger partial charge in [0.05, 0.1) is 16.2 Å². The van der Waals surface area contributed by atoms with E-state index in [9.17, 15) is 25.0 Å². The number of anilines is 1. The summed E-state index contributed by atoms with van der Waals surface area (Å²) in [6.07, 6.45) is 0. The quantitative estimate of drug-likeness (QED) is 0.175. The van der Waals surface area contributed by atoms with Crippen LogP contribution in [-0.4, -0.2) is 29.8 Å². The maximum atomic E-state index is 12.3. The number of hydrogen-bond donors (Lipinski definition) is 0. The Hall–Kier alpha value is -4.91. The van der Waals surface area contributed by atoms with Gasteiger partial charge in [-0.1, -0.05) is 30.3 Å². The monoisotopic (exact) mass is 471 g/mol. The Morgan fingerprint density at radius 3 is 2.40 bits per heavy atom. The van der Waals surface area contributed by atoms with Gasteiger partial charge in [0, 0.05) is 24.4 Å². The van der Waals surface area contributed by atoms with E-state index in [4.69, 9.17) is 4.74 Å². The molecule has 0 saturated carbocycles. The number of non-ortho nitro benzene ring substituents is 1. The molecule has 10 heteroatoms. The summed E-state index contributed by atoms with van der Waals surface area (Å²) in [5.41, 5.74) is 2.23. The van der Waals surface area contributed by atoms with Gasteiger partial charge in [-0.15, -0.1) is 5.11 Å². The molecule has 176 valence electrons. The summed E-state index contributed by atoms with van der Waals surface area (Å²) < 4.78 is 5.02. The first-order valence-electron chi connectivity index (χ1n) is 10.5. The molecule has 0 aliphatic carbocycles. The van der Waals surface area contributed by atoms with E-state index in [0.717, 1.165) is 17.3 Å². The molecule has 3 rings (SSSR count). The second-order valence-electron chi connectivity index (χ2n) is 7.49. The highest BCUT2D eigenvalue weighted by atomic mass is 16.6. The third kappa shape index (κ3) is 7.30. The van der Waals surface area contributed by atoms with Gasteiger partial charge in [-0.2, -0.15) is 10.4 Å². The summed E-state index contributed by atoms with van der Waals surface area (Å²) in [6.45, 7) is 1.45. The first-order chi connectivity index (χ1) is 16.9. The fraction of sp³-hybridized carbons (Fsp3) is 0.160. The minimum Gasteiger partial charge on any atom is -0.456 e. The summed E-state index contributed by atoms with van der Waals surface area (Å²) in [5, 5.41) is 28.3. The molecular formula is C25H21N5O5. The zero-order valence-corrected chi connectivity index (χ0v) is 18.8. The van der Waals surface area contributed by atoms with Crippen molar-refractivity contribution >= 4 is 34.5 Å². The largest absolute Gasteiger partial charge is 0.456 e. The van der Waals surface area contributed by atoms with Crippen LogP contribution in [0.2, 0.25) is 0 Å². The minimum atomic E-state index is -0.586. The molecule has 0 N–H and O–H groups in total. The highest BCUT2D eigenvalue weighted by Crippen LogP contribution is 2.27. The normalized spacial score (nSPS) is 10.5. The Bertz CT molecular complexity index is 1280. The fourth-order valence-corrected chi connectivity index (χ4v) is 3.08. The molecule has 0 aliphatic heterocycles. The van der Waals surface area contributed by atoms with E-state index in [0.29, 0.717) is 12.2 Å². The van der Waals surface area contributed by atoms with E-state index >= 15 is 0 Å². The van der Waals surface area contributed by atoms with Crippen molar-refractivity contribution in [2.24, 2.45) is 10.2 Å². The maximum absolute atomic E-state index is 12.3. The molecule has 10 nitrogen and oxygen atoms in total. The minimum absolute atomic E-state index is 0.0395. The molecule has 0 bridgehead atoms. The van der Waals surface area contributed by atoms with Crippen LogP contribution >= 0.6 is 0 Å². The number of carbonyl (C=O) groups is 2. The second-order valence-corrected chi connectivity index (χ2v) is 7.49. The number of nitrogens with zero attached hydrogens (tertiary/aromatic N) is 5. The lowest BCUT2D eigenvalue weighted by Gasteiger charge is -2.24. The van der Waals surface area contributed by atoms with Gasteiger partial charge < -0.3 is 9.64 Å². The van der Waals surface area contributed by atoms with E-state index in [-0.39, 0.29) is 35.9 Å². The van der Waals surface area contributed by atoms with Gasteiger partial charge in [-0.3, -0.25) is 19.7 Å². The van der Waals surface area contributed by atoms with E-state index in [1.807, 2.05) is 41.3 Å². The van der Waals surface area contributed by atoms with Crippen LogP contribution < -0.4 is 4.90 Å². The molecule has 0 unspecified atom stereocenters. The summed E-state index contributed by atoms with van der Waals surface area (Å²) in [6, 6.07) is 22.1. The van der Waals surface area contributed by atoms with Gasteiger partial charge in [0.15, 0.2) is 5.78 Å². The Kier molecular flexibility index (Phi) is 8.34. The van der Waals surface area contributed by atoms with Crippen LogP contribution in [0.15, 0.2) is 83.0 Å². The van der Waals surface area contributed by atoms with Gasteiger partial charge in [0.25, 0.3) is 5.69 Å². The smallest absolute Gasteiger partial charge is 0.325 e. The molecule has 0 radical (unpaired) electrons. The van der Waals surface area contributed by atoms with Crippen LogP contribution in [-0.2, 0) is 20.9 Å². The number of esters is 1. The summed E-state index contributed by atoms with van der Waals surface area (Å²) in [4.78, 5) is 35.5. The highest BCUT2D eigenvalue weighted by molar-refractivity contribution is 5.82. The number of carbonyl (C=O) groups excluding carboxylic acids is 2. The Balaban J connectivity index is 1.78. The fourth-order valence-electron chi connectivity index (χ4n) is 3.08. The van der Waals surface area contributed by atoms with Gasteiger partial charge >= 0.3 is 5.97 Å². The Labute approximate surface area is 201 Å². The van der Waals surface area contributed by atoms with Gasteiger partial charge in [0.1, 0.15) is 24.9 Å². The highest BCUT2D eigenvalue weighted by Gasteiger charge is 2.15. The third-order valence-electron chi connectivity index (χ3n) is 4.77. The molecule has 0 fully saturated rings. The van der Waals surface area contributed by atoms with E-state index in [1.165, 1.54) is 19.1 Å². The Morgan fingerprint density at radius 2 is 1.77 bits per heavy atom. The topological polar surface area (TPSA) is 138 Å². The van der Waals surface area contributed by atoms with E-state index < -0.39 is 10.9 Å². The molecule has 35 heavy (non-hydrogen) atoms. The summed E-state index contributed by atoms with van der Waals surface area (Å²) in [5.74, 6) is -0.766. The maximum Gasteiger partial charge on any atom is 0.325 e. The SMILES string of the molecule is CC(=O)COC(=O)CN(Cc1ccccc1)c1ccc(N=Nc2ccc([N+](=O)[O-])cc2C#N)cc1. The van der Waals surface area contributed by atoms with Gasteiger partial charge in [-0.05, 0) is 42.8 Å². The average Bonchev–Trinajstić information content (AvgIpc) is 2.86. The lowest BCUT2D eigenvalue weighted by molar-refractivity contribution is -0.384. The molecule has 0 aliphatic rings. The number of benzene rings is 3. The molecule has 0 heterocycles. The summed E-state index contributed by atoms with van der Waals surface area (Å²) in [7, 11) is 0. The number of ether oxygens (including phenoxy) is 1. The van der Waals surface area contributed by atoms with Gasteiger partial charge in [0.2, 0.25) is 0 Å². The number of rotatable bonds is 10. The molecule has 0 saturated heterocycles. The van der Waals surface area contributed by atoms with Crippen LogP contribution in [0.1, 0.15) is 18.1 Å². The van der Waals surface area contributed by atoms with Crippen molar-refractivity contribution in [1.29, 1.82) is 5.26 Å². The standard InChI is InChI=1S/C25H21N5O5/c1-18(31)17-35-25(32)16-29(15-19-5-3-2-4-6-19)22-9-7-21(8-10-22)27-28-24-12-11-23(30(33)34)13-20(24)14-26/h2-13H,15-17H2,1H3. The number of nitriles is 1. The Morgan fingerprint density at radius 1 is 1.06 bits per heavy atom. The zero-order valence-electron chi connectivity index (χ0n) is 18.8. The molecule has 0 amide bonds. The molecular weight excluding hydrogens is 450 g/mol. The van der Waals surface area contributed by atoms with Crippen molar-refractivity contribution < 1.29 is 19.2 Å². The zero-order chi connectivity index (χ0) is 25.2. The predicted octanol–water partition coefficient (Wildman–Crippen LogP) is 5.02. The van der Waals surface area contributed by atoms with Crippen molar-refractivity contribution in [1.82, 2.24) is 0 Å². The molecule has 3 aromatic rings. The van der Waals surface area contributed by atoms with Crippen molar-refractivity contribution in [2.75, 3.05) is 18.1 Å². The summed E-state index contributed by atoms with van der Waals surface area (Å²) >= 11 is 0. The number of azo groups is 1. The van der Waals surface area contributed by atoms with E-state index in [2.05, 4.69) is 10.2 Å². The van der Waals surface area contributed by atoms with Gasteiger partial charge in [-0.25, -0.2) is 0 Å². The van der Waals surface area contributed by atoms with Crippen LogP contribution in [0.5, 0.6) is 0 Å². The molecule has 0 spiro atoms. The van der Waals surface area contributed by atoms with Crippen LogP contribution in [0, 0.1) is 21.4 Å². The van der Waals surface area contributed by atoms with Crippen LogP contribution in [0.3, 0.4) is 0 Å². The molecule has 0 atom stereocenters. The second kappa shape index (κ2) is 11.8. The number of nitro benzene ring substituents is 1. The predicted molar refractivity (Wildman–Crippen MR) is 128 cm³/mol. The number of nitro groups is 1. The van der Waals surface area contributed by atoms with Crippen LogP contribution in [0.25, 0.3) is 0 Å². The lowest BCUT2D eigenvalue weighted by atomic mass is 10.2. The first-order valence-corrected chi connectivity index (χ1v) is 10.5. The number of Topliss-reactive ketones (excluding diaryl/α,β-unsaturated/α-hetero) is 1.